The predicted molar refractivity (Wildman–Crippen MR) is 136 cm³/mol. The minimum atomic E-state index is -0.732. The fourth-order valence-electron chi connectivity index (χ4n) is 4.63. The van der Waals surface area contributed by atoms with Gasteiger partial charge in [0.05, 0.1) is 17.1 Å². The van der Waals surface area contributed by atoms with E-state index in [9.17, 15) is 23.2 Å². The van der Waals surface area contributed by atoms with Gasteiger partial charge in [0.15, 0.2) is 17.4 Å². The average molecular weight is 549 g/mol. The number of amides is 2. The summed E-state index contributed by atoms with van der Waals surface area (Å²) in [4.78, 5) is 43.4. The standard InChI is InChI=1S/C26H27ClF2N4O5/c27-17-11-15(4-5-18(17)28)12-30-26(37)24-32-20-7-6-19(29)23(22(20)25(36)33-24)38-9-8-14-2-1-3-16(10-14)31-21(35)13-34/h4-7,11,14,16,34H,1-3,8-10,12-13H2,(H,30,37)(H,31,35)(H,32,33,36). The number of aromatic amines is 1. The van der Waals surface area contributed by atoms with E-state index >= 15 is 0 Å². The molecule has 2 atom stereocenters. The molecule has 4 N–H and O–H groups in total. The Labute approximate surface area is 221 Å². The van der Waals surface area contributed by atoms with Crippen LogP contribution in [0.5, 0.6) is 5.75 Å². The maximum absolute atomic E-state index is 14.6. The van der Waals surface area contributed by atoms with Crippen LogP contribution < -0.4 is 20.9 Å². The molecular weight excluding hydrogens is 522 g/mol. The van der Waals surface area contributed by atoms with Crippen LogP contribution in [0, 0.1) is 17.6 Å². The lowest BCUT2D eigenvalue weighted by molar-refractivity contribution is -0.124. The second-order valence-corrected chi connectivity index (χ2v) is 9.62. The fraction of sp³-hybridized carbons (Fsp3) is 0.385. The Morgan fingerprint density at radius 3 is 2.74 bits per heavy atom. The van der Waals surface area contributed by atoms with Crippen molar-refractivity contribution in [3.63, 3.8) is 0 Å². The van der Waals surface area contributed by atoms with Gasteiger partial charge in [0.1, 0.15) is 17.8 Å². The first-order valence-electron chi connectivity index (χ1n) is 12.2. The van der Waals surface area contributed by atoms with Gasteiger partial charge in [-0.2, -0.15) is 0 Å². The molecule has 0 radical (unpaired) electrons. The number of hydrogen-bond donors (Lipinski definition) is 4. The molecule has 0 saturated heterocycles. The number of aliphatic hydroxyl groups excluding tert-OH is 1. The van der Waals surface area contributed by atoms with Gasteiger partial charge in [-0.05, 0) is 55.0 Å². The number of ether oxygens (including phenoxy) is 1. The molecule has 0 spiro atoms. The van der Waals surface area contributed by atoms with Crippen molar-refractivity contribution in [3.8, 4) is 5.75 Å². The molecule has 4 rings (SSSR count). The highest BCUT2D eigenvalue weighted by molar-refractivity contribution is 6.30. The largest absolute Gasteiger partial charge is 0.490 e. The third-order valence-corrected chi connectivity index (χ3v) is 6.78. The molecule has 2 unspecified atom stereocenters. The van der Waals surface area contributed by atoms with Crippen LogP contribution in [0.4, 0.5) is 8.78 Å². The molecule has 0 aliphatic heterocycles. The lowest BCUT2D eigenvalue weighted by atomic mass is 9.84. The van der Waals surface area contributed by atoms with Crippen molar-refractivity contribution < 1.29 is 28.2 Å². The third-order valence-electron chi connectivity index (χ3n) is 6.50. The number of H-pyrrole nitrogens is 1. The van der Waals surface area contributed by atoms with Gasteiger partial charge in [-0.1, -0.05) is 30.5 Å². The lowest BCUT2D eigenvalue weighted by Crippen LogP contribution is -2.40. The van der Waals surface area contributed by atoms with Crippen molar-refractivity contribution in [3.05, 3.63) is 68.7 Å². The fourth-order valence-corrected chi connectivity index (χ4v) is 4.83. The van der Waals surface area contributed by atoms with Gasteiger partial charge in [-0.3, -0.25) is 14.4 Å². The van der Waals surface area contributed by atoms with E-state index in [4.69, 9.17) is 21.4 Å². The smallest absolute Gasteiger partial charge is 0.287 e. The Morgan fingerprint density at radius 2 is 1.97 bits per heavy atom. The zero-order valence-electron chi connectivity index (χ0n) is 20.4. The average Bonchev–Trinajstić information content (AvgIpc) is 2.90. The molecule has 38 heavy (non-hydrogen) atoms. The number of nitrogens with zero attached hydrogens (tertiary/aromatic N) is 1. The Kier molecular flexibility index (Phi) is 8.90. The quantitative estimate of drug-likeness (QED) is 0.324. The molecule has 1 fully saturated rings. The zero-order chi connectivity index (χ0) is 27.2. The van der Waals surface area contributed by atoms with Gasteiger partial charge in [0, 0.05) is 12.6 Å². The van der Waals surface area contributed by atoms with Crippen molar-refractivity contribution in [2.24, 2.45) is 5.92 Å². The number of hydrogen-bond acceptors (Lipinski definition) is 6. The monoisotopic (exact) mass is 548 g/mol. The Balaban J connectivity index is 1.42. The van der Waals surface area contributed by atoms with Gasteiger partial charge in [0.25, 0.3) is 11.5 Å². The second-order valence-electron chi connectivity index (χ2n) is 9.21. The molecule has 1 heterocycles. The van der Waals surface area contributed by atoms with Gasteiger partial charge >= 0.3 is 0 Å². The van der Waals surface area contributed by atoms with E-state index in [0.717, 1.165) is 31.7 Å². The molecule has 1 aliphatic rings. The van der Waals surface area contributed by atoms with Crippen molar-refractivity contribution in [1.82, 2.24) is 20.6 Å². The van der Waals surface area contributed by atoms with Crippen LogP contribution in [0.2, 0.25) is 5.02 Å². The van der Waals surface area contributed by atoms with Crippen LogP contribution in [0.25, 0.3) is 10.9 Å². The Hall–Kier alpha value is -3.57. The van der Waals surface area contributed by atoms with Gasteiger partial charge in [-0.25, -0.2) is 13.8 Å². The Bertz CT molecular complexity index is 1400. The summed E-state index contributed by atoms with van der Waals surface area (Å²) in [5.41, 5.74) is -0.0980. The molecule has 2 amide bonds. The first-order chi connectivity index (χ1) is 18.2. The van der Waals surface area contributed by atoms with E-state index < -0.39 is 35.6 Å². The summed E-state index contributed by atoms with van der Waals surface area (Å²) < 4.78 is 33.7. The zero-order valence-corrected chi connectivity index (χ0v) is 21.1. The summed E-state index contributed by atoms with van der Waals surface area (Å²) in [5.74, 6) is -2.69. The van der Waals surface area contributed by atoms with Crippen molar-refractivity contribution in [2.75, 3.05) is 13.2 Å². The maximum Gasteiger partial charge on any atom is 0.287 e. The molecule has 9 nitrogen and oxygen atoms in total. The predicted octanol–water partition coefficient (Wildman–Crippen LogP) is 3.22. The van der Waals surface area contributed by atoms with E-state index in [-0.39, 0.29) is 52.6 Å². The first-order valence-corrected chi connectivity index (χ1v) is 12.6. The summed E-state index contributed by atoms with van der Waals surface area (Å²) in [7, 11) is 0. The summed E-state index contributed by atoms with van der Waals surface area (Å²) in [5, 5.41) is 14.1. The van der Waals surface area contributed by atoms with Crippen molar-refractivity contribution >= 4 is 34.3 Å². The van der Waals surface area contributed by atoms with Crippen molar-refractivity contribution in [1.29, 1.82) is 0 Å². The van der Waals surface area contributed by atoms with E-state index in [2.05, 4.69) is 20.6 Å². The normalized spacial score (nSPS) is 17.3. The summed E-state index contributed by atoms with van der Waals surface area (Å²) >= 11 is 5.76. The highest BCUT2D eigenvalue weighted by atomic mass is 35.5. The van der Waals surface area contributed by atoms with Crippen molar-refractivity contribution in [2.45, 2.75) is 44.7 Å². The van der Waals surface area contributed by atoms with Crippen LogP contribution in [-0.2, 0) is 11.3 Å². The number of rotatable bonds is 9. The highest BCUT2D eigenvalue weighted by Crippen LogP contribution is 2.29. The lowest BCUT2D eigenvalue weighted by Gasteiger charge is -2.29. The number of nitrogens with one attached hydrogen (secondary N) is 3. The van der Waals surface area contributed by atoms with Gasteiger partial charge < -0.3 is 25.5 Å². The summed E-state index contributed by atoms with van der Waals surface area (Å²) in [6, 6.07) is 6.39. The molecule has 3 aromatic rings. The maximum atomic E-state index is 14.6. The summed E-state index contributed by atoms with van der Waals surface area (Å²) in [6.07, 6.45) is 3.97. The number of fused-ring (bicyclic) bond motifs is 1. The van der Waals surface area contributed by atoms with Crippen LogP contribution >= 0.6 is 11.6 Å². The van der Waals surface area contributed by atoms with E-state index in [1.54, 1.807) is 0 Å². The number of benzene rings is 2. The molecule has 2 aromatic carbocycles. The molecular formula is C26H27ClF2N4O5. The second kappa shape index (κ2) is 12.3. The number of aliphatic hydroxyl groups is 1. The number of halogens is 3. The van der Waals surface area contributed by atoms with E-state index in [1.807, 2.05) is 0 Å². The van der Waals surface area contributed by atoms with E-state index in [1.165, 1.54) is 24.3 Å². The molecule has 202 valence electrons. The number of carbonyl (C=O) groups excluding carboxylic acids is 2. The molecule has 12 heteroatoms. The number of carbonyl (C=O) groups is 2. The van der Waals surface area contributed by atoms with Crippen LogP contribution in [0.1, 0.15) is 48.3 Å². The minimum absolute atomic E-state index is 0.0179. The van der Waals surface area contributed by atoms with Crippen LogP contribution in [0.3, 0.4) is 0 Å². The first kappa shape index (κ1) is 27.5. The van der Waals surface area contributed by atoms with E-state index in [0.29, 0.717) is 12.0 Å². The molecule has 1 saturated carbocycles. The molecule has 1 aromatic heterocycles. The topological polar surface area (TPSA) is 133 Å². The number of aromatic nitrogens is 2. The SMILES string of the molecule is O=C(CO)NC1CCCC(CCOc2c(F)ccc3nc(C(=O)NCc4ccc(F)c(Cl)c4)[nH]c(=O)c23)C1. The van der Waals surface area contributed by atoms with Crippen LogP contribution in [0.15, 0.2) is 35.1 Å². The van der Waals surface area contributed by atoms with Crippen LogP contribution in [-0.4, -0.2) is 46.1 Å². The molecule has 1 aliphatic carbocycles. The Morgan fingerprint density at radius 1 is 1.18 bits per heavy atom. The highest BCUT2D eigenvalue weighted by Gasteiger charge is 2.24. The van der Waals surface area contributed by atoms with Gasteiger partial charge in [0.2, 0.25) is 5.91 Å². The molecule has 0 bridgehead atoms. The van der Waals surface area contributed by atoms with Gasteiger partial charge in [-0.15, -0.1) is 0 Å². The minimum Gasteiger partial charge on any atom is -0.490 e. The third kappa shape index (κ3) is 6.65. The summed E-state index contributed by atoms with van der Waals surface area (Å²) in [6.45, 7) is -0.396.